The van der Waals surface area contributed by atoms with Gasteiger partial charge < -0.3 is 15.0 Å². The number of aliphatic imine (C=N–C) groups is 1. The molecule has 3 heterocycles. The van der Waals surface area contributed by atoms with Crippen LogP contribution in [0.2, 0.25) is 0 Å². The Morgan fingerprint density at radius 2 is 1.75 bits per heavy atom. The summed E-state index contributed by atoms with van der Waals surface area (Å²) in [4.78, 5) is 4.01. The summed E-state index contributed by atoms with van der Waals surface area (Å²) >= 11 is 0. The Bertz CT molecular complexity index is 1090. The molecule has 3 aliphatic rings. The highest BCUT2D eigenvalue weighted by Crippen LogP contribution is 2.40. The van der Waals surface area contributed by atoms with E-state index in [9.17, 15) is 13.2 Å². The van der Waals surface area contributed by atoms with Crippen molar-refractivity contribution in [1.82, 2.24) is 24.5 Å². The molecule has 1 aliphatic heterocycles. The quantitative estimate of drug-likeness (QED) is 0.614. The van der Waals surface area contributed by atoms with Crippen LogP contribution in [0.25, 0.3) is 0 Å². The minimum atomic E-state index is -4.37. The molecule has 2 aromatic heterocycles. The van der Waals surface area contributed by atoms with Crippen LogP contribution in [0.1, 0.15) is 92.9 Å². The predicted octanol–water partition coefficient (Wildman–Crippen LogP) is 4.70. The van der Waals surface area contributed by atoms with Crippen molar-refractivity contribution in [3.05, 3.63) is 41.3 Å². The van der Waals surface area contributed by atoms with Crippen molar-refractivity contribution in [2.75, 3.05) is 0 Å². The van der Waals surface area contributed by atoms with Crippen LogP contribution >= 0.6 is 0 Å². The molecule has 196 valence electrons. The first-order chi connectivity index (χ1) is 17.3. The van der Waals surface area contributed by atoms with E-state index in [0.29, 0.717) is 29.7 Å². The lowest BCUT2D eigenvalue weighted by Gasteiger charge is -2.28. The molecular weight excluding hydrogens is 471 g/mol. The highest BCUT2D eigenvalue weighted by atomic mass is 19.4. The first-order valence-electron chi connectivity index (χ1n) is 12.9. The van der Waals surface area contributed by atoms with Gasteiger partial charge in [0, 0.05) is 43.4 Å². The number of halogens is 3. The second kappa shape index (κ2) is 10.5. The zero-order chi connectivity index (χ0) is 25.3. The molecule has 11 heteroatoms. The Morgan fingerprint density at radius 1 is 1.03 bits per heavy atom. The predicted molar refractivity (Wildman–Crippen MR) is 128 cm³/mol. The maximum atomic E-state index is 13.0. The fourth-order valence-electron chi connectivity index (χ4n) is 5.69. The van der Waals surface area contributed by atoms with E-state index in [1.165, 1.54) is 5.56 Å². The SMILES string of the molecule is Cn1c(COC2CC(C(F)(F)F)=CC=N2)nnc1[C@H]1CC[C@H](c2cnn([C@H]3CC[C@H](N)CC3)c2)CC1. The minimum absolute atomic E-state index is 0.0667. The third-order valence-electron chi connectivity index (χ3n) is 7.99. The third-order valence-corrected chi connectivity index (χ3v) is 7.99. The van der Waals surface area contributed by atoms with E-state index < -0.39 is 18.0 Å². The number of alkyl halides is 3. The minimum Gasteiger partial charge on any atom is -0.348 e. The molecule has 0 bridgehead atoms. The van der Waals surface area contributed by atoms with Crippen LogP contribution in [-0.2, 0) is 18.4 Å². The van der Waals surface area contributed by atoms with E-state index >= 15 is 0 Å². The van der Waals surface area contributed by atoms with Gasteiger partial charge in [0.2, 0.25) is 0 Å². The molecular formula is C25H34F3N7O. The molecule has 2 aliphatic carbocycles. The smallest absolute Gasteiger partial charge is 0.348 e. The second-order valence-corrected chi connectivity index (χ2v) is 10.4. The average molecular weight is 506 g/mol. The summed E-state index contributed by atoms with van der Waals surface area (Å²) in [5, 5.41) is 13.3. The topological polar surface area (TPSA) is 96.1 Å². The number of dihydropyridines is 1. The summed E-state index contributed by atoms with van der Waals surface area (Å²) in [6.45, 7) is 0.0667. The molecule has 0 radical (unpaired) electrons. The van der Waals surface area contributed by atoms with Gasteiger partial charge in [0.25, 0.3) is 0 Å². The number of hydrogen-bond donors (Lipinski definition) is 1. The number of rotatable bonds is 6. The van der Waals surface area contributed by atoms with Gasteiger partial charge in [-0.3, -0.25) is 9.67 Å². The van der Waals surface area contributed by atoms with Crippen molar-refractivity contribution < 1.29 is 17.9 Å². The van der Waals surface area contributed by atoms with Gasteiger partial charge in [-0.05, 0) is 68.9 Å². The highest BCUT2D eigenvalue weighted by Gasteiger charge is 2.36. The van der Waals surface area contributed by atoms with Crippen LogP contribution in [0.15, 0.2) is 29.0 Å². The third kappa shape index (κ3) is 5.56. The number of nitrogens with zero attached hydrogens (tertiary/aromatic N) is 6. The summed E-state index contributed by atoms with van der Waals surface area (Å²) in [6, 6.07) is 0.795. The van der Waals surface area contributed by atoms with Gasteiger partial charge in [-0.1, -0.05) is 0 Å². The lowest BCUT2D eigenvalue weighted by Crippen LogP contribution is -2.28. The van der Waals surface area contributed by atoms with Crippen LogP contribution in [0.3, 0.4) is 0 Å². The normalized spacial score (nSPS) is 29.4. The first kappa shape index (κ1) is 25.1. The summed E-state index contributed by atoms with van der Waals surface area (Å²) in [5.74, 6) is 2.30. The molecule has 2 saturated carbocycles. The standard InChI is InChI=1S/C25H34F3N7O/c1-34-22(15-36-23-12-19(10-11-30-23)25(26,27)28)32-33-24(34)17-4-2-16(3-5-17)18-13-31-35(14-18)21-8-6-20(29)7-9-21/h10-11,13-14,16-17,20-21,23H,2-9,12,15,29H2,1H3/t16-,17-,20-,21-,23?. The van der Waals surface area contributed by atoms with E-state index in [1.807, 2.05) is 17.8 Å². The lowest BCUT2D eigenvalue weighted by atomic mass is 9.79. The van der Waals surface area contributed by atoms with Gasteiger partial charge in [0.05, 0.1) is 12.2 Å². The molecule has 36 heavy (non-hydrogen) atoms. The van der Waals surface area contributed by atoms with Crippen LogP contribution in [-0.4, -0.2) is 49.2 Å². The van der Waals surface area contributed by atoms with Crippen LogP contribution < -0.4 is 5.73 Å². The molecule has 0 spiro atoms. The van der Waals surface area contributed by atoms with Crippen LogP contribution in [0, 0.1) is 0 Å². The van der Waals surface area contributed by atoms with Crippen molar-refractivity contribution >= 4 is 6.21 Å². The lowest BCUT2D eigenvalue weighted by molar-refractivity contribution is -0.0994. The highest BCUT2D eigenvalue weighted by molar-refractivity contribution is 5.73. The number of nitrogens with two attached hydrogens (primary N) is 1. The van der Waals surface area contributed by atoms with E-state index in [1.54, 1.807) is 0 Å². The zero-order valence-electron chi connectivity index (χ0n) is 20.6. The van der Waals surface area contributed by atoms with Gasteiger partial charge in [0.15, 0.2) is 12.1 Å². The summed E-state index contributed by atoms with van der Waals surface area (Å²) in [7, 11) is 1.89. The molecule has 0 aromatic carbocycles. The fourth-order valence-corrected chi connectivity index (χ4v) is 5.69. The van der Waals surface area contributed by atoms with Gasteiger partial charge >= 0.3 is 6.18 Å². The molecule has 0 amide bonds. The maximum Gasteiger partial charge on any atom is 0.412 e. The Kier molecular flexibility index (Phi) is 7.30. The van der Waals surface area contributed by atoms with Crippen LogP contribution in [0.5, 0.6) is 0 Å². The van der Waals surface area contributed by atoms with Gasteiger partial charge in [-0.25, -0.2) is 0 Å². The van der Waals surface area contributed by atoms with Gasteiger partial charge in [0.1, 0.15) is 12.4 Å². The van der Waals surface area contributed by atoms with Crippen molar-refractivity contribution in [2.45, 2.75) is 101 Å². The maximum absolute atomic E-state index is 13.0. The second-order valence-electron chi connectivity index (χ2n) is 10.4. The summed E-state index contributed by atoms with van der Waals surface area (Å²) < 4.78 is 48.6. The summed E-state index contributed by atoms with van der Waals surface area (Å²) in [6.07, 6.45) is 9.36. The Morgan fingerprint density at radius 3 is 2.47 bits per heavy atom. The summed E-state index contributed by atoms with van der Waals surface area (Å²) in [5.41, 5.74) is 6.73. The van der Waals surface area contributed by atoms with Crippen LogP contribution in [0.4, 0.5) is 13.2 Å². The molecule has 5 rings (SSSR count). The number of ether oxygens (including phenoxy) is 1. The zero-order valence-corrected chi connectivity index (χ0v) is 20.6. The van der Waals surface area contributed by atoms with E-state index in [2.05, 4.69) is 31.2 Å². The largest absolute Gasteiger partial charge is 0.412 e. The number of hydrogen-bond acceptors (Lipinski definition) is 6. The van der Waals surface area contributed by atoms with E-state index in [0.717, 1.165) is 69.5 Å². The van der Waals surface area contributed by atoms with Crippen molar-refractivity contribution in [3.8, 4) is 0 Å². The fraction of sp³-hybridized carbons (Fsp3) is 0.680. The molecule has 1 unspecified atom stereocenters. The Balaban J connectivity index is 1.13. The van der Waals surface area contributed by atoms with E-state index in [4.69, 9.17) is 10.5 Å². The van der Waals surface area contributed by atoms with Crippen molar-refractivity contribution in [3.63, 3.8) is 0 Å². The molecule has 0 saturated heterocycles. The molecule has 8 nitrogen and oxygen atoms in total. The van der Waals surface area contributed by atoms with Gasteiger partial charge in [-0.2, -0.15) is 18.3 Å². The molecule has 2 aromatic rings. The Labute approximate surface area is 208 Å². The van der Waals surface area contributed by atoms with Crippen molar-refractivity contribution in [2.24, 2.45) is 17.8 Å². The van der Waals surface area contributed by atoms with Gasteiger partial charge in [-0.15, -0.1) is 10.2 Å². The average Bonchev–Trinajstić information content (AvgIpc) is 3.50. The monoisotopic (exact) mass is 505 g/mol. The number of allylic oxidation sites excluding steroid dienone is 1. The van der Waals surface area contributed by atoms with E-state index in [-0.39, 0.29) is 13.0 Å². The molecule has 1 atom stereocenters. The Hall–Kier alpha value is -2.53. The van der Waals surface area contributed by atoms with Crippen molar-refractivity contribution in [1.29, 1.82) is 0 Å². The molecule has 2 N–H and O–H groups in total. The number of aromatic nitrogens is 5. The first-order valence-corrected chi connectivity index (χ1v) is 12.9. The molecule has 2 fully saturated rings.